The van der Waals surface area contributed by atoms with E-state index in [0.29, 0.717) is 6.04 Å². The lowest BCUT2D eigenvalue weighted by molar-refractivity contribution is 0.313. The number of hydrogen-bond donors (Lipinski definition) is 1. The summed E-state index contributed by atoms with van der Waals surface area (Å²) >= 11 is 3.53. The summed E-state index contributed by atoms with van der Waals surface area (Å²) < 4.78 is 6.90. The van der Waals surface area contributed by atoms with Crippen LogP contribution in [0.25, 0.3) is 0 Å². The SMILES string of the molecule is CCCOc1ccc(Br)cc1CN[C@H](C)c1ccccc1. The average Bonchev–Trinajstić information content (AvgIpc) is 2.52. The van der Waals surface area contributed by atoms with Crippen molar-refractivity contribution in [3.63, 3.8) is 0 Å². The first-order valence-corrected chi connectivity index (χ1v) is 8.19. The molecule has 2 aromatic rings. The molecule has 0 fully saturated rings. The molecule has 0 unspecified atom stereocenters. The Kier molecular flexibility index (Phi) is 6.27. The highest BCUT2D eigenvalue weighted by Gasteiger charge is 2.08. The van der Waals surface area contributed by atoms with E-state index in [4.69, 9.17) is 4.74 Å². The third-order valence-corrected chi connectivity index (χ3v) is 3.88. The molecule has 3 heteroatoms. The van der Waals surface area contributed by atoms with Gasteiger partial charge >= 0.3 is 0 Å². The highest BCUT2D eigenvalue weighted by atomic mass is 79.9. The van der Waals surface area contributed by atoms with Crippen LogP contribution in [0.3, 0.4) is 0 Å². The molecular weight excluding hydrogens is 326 g/mol. The van der Waals surface area contributed by atoms with Crippen molar-refractivity contribution in [2.24, 2.45) is 0 Å². The molecule has 2 aromatic carbocycles. The maximum atomic E-state index is 5.82. The van der Waals surface area contributed by atoms with Crippen LogP contribution in [0.4, 0.5) is 0 Å². The summed E-state index contributed by atoms with van der Waals surface area (Å²) in [7, 11) is 0. The summed E-state index contributed by atoms with van der Waals surface area (Å²) in [6.07, 6.45) is 1.02. The summed E-state index contributed by atoms with van der Waals surface area (Å²) in [5.41, 5.74) is 2.48. The van der Waals surface area contributed by atoms with Crippen LogP contribution in [-0.2, 0) is 6.54 Å². The summed E-state index contributed by atoms with van der Waals surface area (Å²) in [5, 5.41) is 3.56. The van der Waals surface area contributed by atoms with Gasteiger partial charge in [0.15, 0.2) is 0 Å². The molecule has 0 spiro atoms. The molecule has 0 aliphatic heterocycles. The van der Waals surface area contributed by atoms with Gasteiger partial charge in [0.1, 0.15) is 5.75 Å². The average molecular weight is 348 g/mol. The van der Waals surface area contributed by atoms with Crippen molar-refractivity contribution in [3.8, 4) is 5.75 Å². The molecule has 2 rings (SSSR count). The first-order valence-electron chi connectivity index (χ1n) is 7.40. The van der Waals surface area contributed by atoms with Gasteiger partial charge < -0.3 is 10.1 Å². The lowest BCUT2D eigenvalue weighted by Crippen LogP contribution is -2.18. The molecule has 0 aliphatic rings. The lowest BCUT2D eigenvalue weighted by atomic mass is 10.1. The third kappa shape index (κ3) is 4.87. The van der Waals surface area contributed by atoms with Crippen LogP contribution >= 0.6 is 15.9 Å². The van der Waals surface area contributed by atoms with E-state index in [0.717, 1.165) is 29.8 Å². The molecule has 0 heterocycles. The highest BCUT2D eigenvalue weighted by molar-refractivity contribution is 9.10. The monoisotopic (exact) mass is 347 g/mol. The second-order valence-electron chi connectivity index (χ2n) is 5.11. The van der Waals surface area contributed by atoms with E-state index in [1.165, 1.54) is 11.1 Å². The Morgan fingerprint density at radius 1 is 1.14 bits per heavy atom. The molecule has 112 valence electrons. The predicted octanol–water partition coefficient (Wildman–Crippen LogP) is 5.09. The van der Waals surface area contributed by atoms with Crippen molar-refractivity contribution in [3.05, 3.63) is 64.1 Å². The Labute approximate surface area is 135 Å². The Hall–Kier alpha value is -1.32. The molecule has 21 heavy (non-hydrogen) atoms. The van der Waals surface area contributed by atoms with E-state index in [2.05, 4.69) is 65.4 Å². The number of hydrogen-bond acceptors (Lipinski definition) is 2. The topological polar surface area (TPSA) is 21.3 Å². The zero-order valence-electron chi connectivity index (χ0n) is 12.6. The van der Waals surface area contributed by atoms with Gasteiger partial charge in [0.25, 0.3) is 0 Å². The zero-order chi connectivity index (χ0) is 15.1. The summed E-state index contributed by atoms with van der Waals surface area (Å²) in [5.74, 6) is 0.966. The molecule has 1 N–H and O–H groups in total. The summed E-state index contributed by atoms with van der Waals surface area (Å²) in [6.45, 7) is 5.84. The summed E-state index contributed by atoms with van der Waals surface area (Å²) in [4.78, 5) is 0. The van der Waals surface area contributed by atoms with E-state index in [1.807, 2.05) is 18.2 Å². The Balaban J connectivity index is 2.03. The molecule has 0 bridgehead atoms. The Morgan fingerprint density at radius 2 is 1.90 bits per heavy atom. The largest absolute Gasteiger partial charge is 0.493 e. The van der Waals surface area contributed by atoms with Crippen LogP contribution in [-0.4, -0.2) is 6.61 Å². The van der Waals surface area contributed by atoms with Crippen LogP contribution in [0.2, 0.25) is 0 Å². The second kappa shape index (κ2) is 8.20. The fraction of sp³-hybridized carbons (Fsp3) is 0.333. The standard InChI is InChI=1S/C18H22BrNO/c1-3-11-21-18-10-9-17(19)12-16(18)13-20-14(2)15-7-5-4-6-8-15/h4-10,12,14,20H,3,11,13H2,1-2H3/t14-/m1/s1. The van der Waals surface area contributed by atoms with E-state index < -0.39 is 0 Å². The molecule has 0 aliphatic carbocycles. The number of ether oxygens (including phenoxy) is 1. The minimum atomic E-state index is 0.309. The van der Waals surface area contributed by atoms with Gasteiger partial charge in [-0.15, -0.1) is 0 Å². The molecule has 2 nitrogen and oxygen atoms in total. The molecule has 0 radical (unpaired) electrons. The molecule has 1 atom stereocenters. The fourth-order valence-corrected chi connectivity index (χ4v) is 2.57. The molecule has 0 amide bonds. The second-order valence-corrected chi connectivity index (χ2v) is 6.03. The number of nitrogens with one attached hydrogen (secondary N) is 1. The minimum Gasteiger partial charge on any atom is -0.493 e. The zero-order valence-corrected chi connectivity index (χ0v) is 14.2. The van der Waals surface area contributed by atoms with Gasteiger partial charge in [-0.25, -0.2) is 0 Å². The van der Waals surface area contributed by atoms with E-state index in [9.17, 15) is 0 Å². The van der Waals surface area contributed by atoms with Gasteiger partial charge in [0, 0.05) is 22.6 Å². The van der Waals surface area contributed by atoms with Gasteiger partial charge in [0.2, 0.25) is 0 Å². The van der Waals surface area contributed by atoms with Crippen molar-refractivity contribution >= 4 is 15.9 Å². The predicted molar refractivity (Wildman–Crippen MR) is 91.6 cm³/mol. The van der Waals surface area contributed by atoms with Gasteiger partial charge in [0.05, 0.1) is 6.61 Å². The van der Waals surface area contributed by atoms with Crippen LogP contribution < -0.4 is 10.1 Å². The lowest BCUT2D eigenvalue weighted by Gasteiger charge is -2.17. The highest BCUT2D eigenvalue weighted by Crippen LogP contribution is 2.24. The third-order valence-electron chi connectivity index (χ3n) is 3.38. The van der Waals surface area contributed by atoms with E-state index in [-0.39, 0.29) is 0 Å². The van der Waals surface area contributed by atoms with Gasteiger partial charge in [-0.3, -0.25) is 0 Å². The summed E-state index contributed by atoms with van der Waals surface area (Å²) in [6, 6.07) is 17.0. The van der Waals surface area contributed by atoms with Crippen LogP contribution in [0.15, 0.2) is 53.0 Å². The number of benzene rings is 2. The van der Waals surface area contributed by atoms with Crippen molar-refractivity contribution < 1.29 is 4.74 Å². The number of halogens is 1. The van der Waals surface area contributed by atoms with Crippen molar-refractivity contribution in [2.75, 3.05) is 6.61 Å². The van der Waals surface area contributed by atoms with Gasteiger partial charge in [-0.1, -0.05) is 53.2 Å². The quantitative estimate of drug-likeness (QED) is 0.753. The first-order chi connectivity index (χ1) is 10.2. The first kappa shape index (κ1) is 16.1. The molecule has 0 saturated heterocycles. The molecular formula is C18H22BrNO. The van der Waals surface area contributed by atoms with Crippen LogP contribution in [0, 0.1) is 0 Å². The minimum absolute atomic E-state index is 0.309. The molecule has 0 saturated carbocycles. The maximum absolute atomic E-state index is 5.82. The fourth-order valence-electron chi connectivity index (χ4n) is 2.16. The van der Waals surface area contributed by atoms with Gasteiger partial charge in [-0.2, -0.15) is 0 Å². The van der Waals surface area contributed by atoms with Crippen LogP contribution in [0.5, 0.6) is 5.75 Å². The smallest absolute Gasteiger partial charge is 0.123 e. The molecule has 0 aromatic heterocycles. The van der Waals surface area contributed by atoms with Crippen molar-refractivity contribution in [1.29, 1.82) is 0 Å². The Bertz CT molecular complexity index is 556. The van der Waals surface area contributed by atoms with Crippen molar-refractivity contribution in [2.45, 2.75) is 32.9 Å². The maximum Gasteiger partial charge on any atom is 0.123 e. The van der Waals surface area contributed by atoms with Crippen LogP contribution in [0.1, 0.15) is 37.4 Å². The number of rotatable bonds is 7. The Morgan fingerprint density at radius 3 is 2.62 bits per heavy atom. The van der Waals surface area contributed by atoms with E-state index >= 15 is 0 Å². The van der Waals surface area contributed by atoms with Crippen molar-refractivity contribution in [1.82, 2.24) is 5.32 Å². The normalized spacial score (nSPS) is 12.1. The van der Waals surface area contributed by atoms with Gasteiger partial charge in [-0.05, 0) is 37.1 Å². The van der Waals surface area contributed by atoms with E-state index in [1.54, 1.807) is 0 Å².